The first-order chi connectivity index (χ1) is 15.8. The summed E-state index contributed by atoms with van der Waals surface area (Å²) in [6.45, 7) is 0.209. The van der Waals surface area contributed by atoms with Gasteiger partial charge in [0.2, 0.25) is 10.0 Å². The van der Waals surface area contributed by atoms with Crippen molar-refractivity contribution >= 4 is 15.7 Å². The number of fused-ring (bicyclic) bond motifs is 3. The van der Waals surface area contributed by atoms with Crippen LogP contribution in [0.1, 0.15) is 18.0 Å². The SMILES string of the molecule is CN1c2ccc(-c3ccc(F)cc3)cc2[C@@H]2[C@@H](CCN2S(=O)(=O)c2ccc(F)cc2)[C@H]1CO. The van der Waals surface area contributed by atoms with Gasteiger partial charge in [0.05, 0.1) is 23.6 Å². The first-order valence-electron chi connectivity index (χ1n) is 10.8. The second-order valence-corrected chi connectivity index (χ2v) is 10.5. The predicted molar refractivity (Wildman–Crippen MR) is 122 cm³/mol. The lowest BCUT2D eigenvalue weighted by Crippen LogP contribution is -2.48. The fourth-order valence-corrected chi connectivity index (χ4v) is 6.91. The van der Waals surface area contributed by atoms with Crippen LogP contribution in [0.25, 0.3) is 11.1 Å². The number of aliphatic hydroxyl groups excluding tert-OH is 1. The highest BCUT2D eigenvalue weighted by molar-refractivity contribution is 7.89. The molecule has 33 heavy (non-hydrogen) atoms. The van der Waals surface area contributed by atoms with E-state index in [0.717, 1.165) is 34.5 Å². The minimum Gasteiger partial charge on any atom is -0.394 e. The Morgan fingerprint density at radius 1 is 0.939 bits per heavy atom. The monoisotopic (exact) mass is 470 g/mol. The van der Waals surface area contributed by atoms with Crippen molar-refractivity contribution in [3.8, 4) is 11.1 Å². The third-order valence-electron chi connectivity index (χ3n) is 6.90. The Labute approximate surface area is 191 Å². The Kier molecular flexibility index (Phi) is 5.47. The third kappa shape index (κ3) is 3.62. The number of nitrogens with zero attached hydrogens (tertiary/aromatic N) is 2. The van der Waals surface area contributed by atoms with E-state index in [4.69, 9.17) is 0 Å². The first-order valence-corrected chi connectivity index (χ1v) is 12.3. The van der Waals surface area contributed by atoms with E-state index < -0.39 is 21.9 Å². The van der Waals surface area contributed by atoms with E-state index in [1.807, 2.05) is 30.1 Å². The van der Waals surface area contributed by atoms with Gasteiger partial charge >= 0.3 is 0 Å². The molecule has 0 unspecified atom stereocenters. The summed E-state index contributed by atoms with van der Waals surface area (Å²) in [4.78, 5) is 2.05. The molecule has 5 rings (SSSR count). The van der Waals surface area contributed by atoms with Gasteiger partial charge in [0.1, 0.15) is 11.6 Å². The van der Waals surface area contributed by atoms with Crippen LogP contribution in [-0.2, 0) is 10.0 Å². The van der Waals surface area contributed by atoms with Gasteiger partial charge in [0, 0.05) is 25.2 Å². The van der Waals surface area contributed by atoms with Crippen molar-refractivity contribution in [1.82, 2.24) is 4.31 Å². The van der Waals surface area contributed by atoms with Gasteiger partial charge in [-0.15, -0.1) is 0 Å². The van der Waals surface area contributed by atoms with E-state index in [9.17, 15) is 22.3 Å². The van der Waals surface area contributed by atoms with Crippen molar-refractivity contribution in [3.05, 3.63) is 83.9 Å². The van der Waals surface area contributed by atoms with Crippen LogP contribution in [0.2, 0.25) is 0 Å². The molecule has 0 radical (unpaired) electrons. The number of rotatable bonds is 4. The molecule has 1 fully saturated rings. The lowest BCUT2D eigenvalue weighted by atomic mass is 9.81. The molecule has 5 nitrogen and oxygen atoms in total. The second kappa shape index (κ2) is 8.20. The number of aliphatic hydroxyl groups is 1. The van der Waals surface area contributed by atoms with Gasteiger partial charge in [0.25, 0.3) is 0 Å². The molecule has 2 aliphatic heterocycles. The summed E-state index contributed by atoms with van der Waals surface area (Å²) in [5.41, 5.74) is 3.38. The molecular formula is C25H24F2N2O3S. The van der Waals surface area contributed by atoms with Gasteiger partial charge in [0.15, 0.2) is 0 Å². The highest BCUT2D eigenvalue weighted by Crippen LogP contribution is 2.51. The van der Waals surface area contributed by atoms with E-state index in [1.165, 1.54) is 28.6 Å². The van der Waals surface area contributed by atoms with E-state index >= 15 is 0 Å². The zero-order chi connectivity index (χ0) is 23.3. The zero-order valence-electron chi connectivity index (χ0n) is 18.0. The third-order valence-corrected chi connectivity index (χ3v) is 8.80. The number of halogens is 2. The number of benzene rings is 3. The smallest absolute Gasteiger partial charge is 0.243 e. The molecule has 8 heteroatoms. The molecule has 3 atom stereocenters. The van der Waals surface area contributed by atoms with Gasteiger partial charge in [-0.25, -0.2) is 17.2 Å². The maximum absolute atomic E-state index is 13.6. The molecule has 0 bridgehead atoms. The van der Waals surface area contributed by atoms with Crippen LogP contribution in [0.4, 0.5) is 14.5 Å². The van der Waals surface area contributed by atoms with Gasteiger partial charge in [-0.05, 0) is 71.6 Å². The molecule has 1 N–H and O–H groups in total. The molecule has 2 heterocycles. The number of likely N-dealkylation sites (N-methyl/N-ethyl adjacent to an activating group) is 1. The average molecular weight is 471 g/mol. The number of anilines is 1. The Balaban J connectivity index is 1.63. The Bertz CT molecular complexity index is 1280. The fraction of sp³-hybridized carbons (Fsp3) is 0.280. The van der Waals surface area contributed by atoms with Gasteiger partial charge < -0.3 is 10.0 Å². The van der Waals surface area contributed by atoms with Crippen molar-refractivity contribution < 1.29 is 22.3 Å². The summed E-state index contributed by atoms with van der Waals surface area (Å²) in [5.74, 6) is -0.928. The standard InChI is InChI=1S/C25H24F2N2O3S/c1-28-23-11-4-17(16-2-5-18(26)6-3-16)14-22(23)25-21(24(28)15-30)12-13-29(25)33(31,32)20-9-7-19(27)8-10-20/h2-11,14,21,24-25,30H,12-13,15H2,1H3/t21-,24+,25-/m0/s1. The van der Waals surface area contributed by atoms with Crippen LogP contribution in [0, 0.1) is 17.6 Å². The van der Waals surface area contributed by atoms with Crippen molar-refractivity contribution in [2.24, 2.45) is 5.92 Å². The summed E-state index contributed by atoms with van der Waals surface area (Å²) < 4.78 is 55.5. The molecule has 0 aliphatic carbocycles. The molecule has 3 aromatic carbocycles. The summed E-state index contributed by atoms with van der Waals surface area (Å²) in [5, 5.41) is 10.1. The Hall–Kier alpha value is -2.81. The molecule has 0 saturated carbocycles. The lowest BCUT2D eigenvalue weighted by molar-refractivity contribution is 0.193. The molecule has 0 aromatic heterocycles. The van der Waals surface area contributed by atoms with Gasteiger partial charge in [-0.2, -0.15) is 4.31 Å². The maximum atomic E-state index is 13.6. The Morgan fingerprint density at radius 3 is 2.18 bits per heavy atom. The highest BCUT2D eigenvalue weighted by Gasteiger charge is 2.50. The second-order valence-electron chi connectivity index (χ2n) is 8.61. The lowest BCUT2D eigenvalue weighted by Gasteiger charge is -2.44. The fourth-order valence-electron chi connectivity index (χ4n) is 5.25. The largest absolute Gasteiger partial charge is 0.394 e. The Morgan fingerprint density at radius 2 is 1.55 bits per heavy atom. The normalized spacial score (nSPS) is 22.8. The molecule has 3 aromatic rings. The molecule has 172 valence electrons. The van der Waals surface area contributed by atoms with Crippen molar-refractivity contribution in [1.29, 1.82) is 0 Å². The van der Waals surface area contributed by atoms with Crippen molar-refractivity contribution in [2.45, 2.75) is 23.4 Å². The van der Waals surface area contributed by atoms with Gasteiger partial charge in [-0.3, -0.25) is 0 Å². The summed E-state index contributed by atoms with van der Waals surface area (Å²) >= 11 is 0. The molecular weight excluding hydrogens is 446 g/mol. The topological polar surface area (TPSA) is 60.9 Å². The molecule has 1 saturated heterocycles. The van der Waals surface area contributed by atoms with Crippen LogP contribution < -0.4 is 4.90 Å². The highest BCUT2D eigenvalue weighted by atomic mass is 32.2. The van der Waals surface area contributed by atoms with Crippen LogP contribution >= 0.6 is 0 Å². The quantitative estimate of drug-likeness (QED) is 0.621. The van der Waals surface area contributed by atoms with Crippen LogP contribution in [0.3, 0.4) is 0 Å². The number of sulfonamides is 1. The number of hydrogen-bond acceptors (Lipinski definition) is 4. The van der Waals surface area contributed by atoms with E-state index in [1.54, 1.807) is 12.1 Å². The van der Waals surface area contributed by atoms with Crippen LogP contribution in [0.5, 0.6) is 0 Å². The molecule has 0 amide bonds. The minimum absolute atomic E-state index is 0.0419. The average Bonchev–Trinajstić information content (AvgIpc) is 3.26. The molecule has 2 aliphatic rings. The maximum Gasteiger partial charge on any atom is 0.243 e. The zero-order valence-corrected chi connectivity index (χ0v) is 18.8. The minimum atomic E-state index is -3.88. The number of hydrogen-bond donors (Lipinski definition) is 1. The van der Waals surface area contributed by atoms with Crippen LogP contribution in [-0.4, -0.2) is 44.1 Å². The van der Waals surface area contributed by atoms with Crippen molar-refractivity contribution in [3.63, 3.8) is 0 Å². The first kappa shape index (κ1) is 22.0. The van der Waals surface area contributed by atoms with E-state index in [-0.39, 0.29) is 29.3 Å². The van der Waals surface area contributed by atoms with Crippen molar-refractivity contribution in [2.75, 3.05) is 25.1 Å². The van der Waals surface area contributed by atoms with E-state index in [2.05, 4.69) is 0 Å². The van der Waals surface area contributed by atoms with Crippen LogP contribution in [0.15, 0.2) is 71.6 Å². The van der Waals surface area contributed by atoms with Gasteiger partial charge in [-0.1, -0.05) is 18.2 Å². The molecule has 0 spiro atoms. The summed E-state index contributed by atoms with van der Waals surface area (Å²) in [6, 6.07) is 16.1. The summed E-state index contributed by atoms with van der Waals surface area (Å²) in [6.07, 6.45) is 0.598. The predicted octanol–water partition coefficient (Wildman–Crippen LogP) is 4.19. The summed E-state index contributed by atoms with van der Waals surface area (Å²) in [7, 11) is -1.98. The van der Waals surface area contributed by atoms with E-state index in [0.29, 0.717) is 13.0 Å².